The van der Waals surface area contributed by atoms with E-state index in [1.54, 1.807) is 6.08 Å². The second-order valence-electron chi connectivity index (χ2n) is 7.29. The predicted molar refractivity (Wildman–Crippen MR) is 106 cm³/mol. The first-order chi connectivity index (χ1) is 12.0. The molecule has 0 aromatic carbocycles. The van der Waals surface area contributed by atoms with Gasteiger partial charge in [-0.15, -0.1) is 0 Å². The van der Waals surface area contributed by atoms with Gasteiger partial charge in [0.05, 0.1) is 0 Å². The molecule has 148 valence electrons. The molecule has 0 saturated carbocycles. The van der Waals surface area contributed by atoms with Crippen molar-refractivity contribution in [3.8, 4) is 0 Å². The van der Waals surface area contributed by atoms with Crippen molar-refractivity contribution in [3.63, 3.8) is 0 Å². The Morgan fingerprint density at radius 1 is 0.920 bits per heavy atom. The number of carbonyl (C=O) groups is 1. The highest BCUT2D eigenvalue weighted by molar-refractivity contribution is 5.79. The maximum Gasteiger partial charge on any atom is 0.326 e. The molecule has 25 heavy (non-hydrogen) atoms. The zero-order valence-corrected chi connectivity index (χ0v) is 16.5. The van der Waals surface area contributed by atoms with Gasteiger partial charge in [0.2, 0.25) is 0 Å². The lowest BCUT2D eigenvalue weighted by Gasteiger charge is -2.27. The standard InChI is InChI=1S/C21H41NO3/c1-3-5-6-7-8-9-10-11-12-13-14-15-16-17-19(23)21(22,18-4-2)20(24)25/h16-17,19,23H,3-15,18,22H2,1-2H3,(H,24,25)/b17-16+/t19-,21-/m1/s1. The van der Waals surface area contributed by atoms with Crippen molar-refractivity contribution < 1.29 is 15.0 Å². The summed E-state index contributed by atoms with van der Waals surface area (Å²) in [7, 11) is 0. The summed E-state index contributed by atoms with van der Waals surface area (Å²) in [5.41, 5.74) is 4.27. The van der Waals surface area contributed by atoms with E-state index in [0.29, 0.717) is 6.42 Å². The summed E-state index contributed by atoms with van der Waals surface area (Å²) in [5.74, 6) is -1.14. The number of nitrogens with two attached hydrogens (primary N) is 1. The molecule has 0 aliphatic heterocycles. The van der Waals surface area contributed by atoms with Crippen LogP contribution in [0.15, 0.2) is 12.2 Å². The lowest BCUT2D eigenvalue weighted by Crippen LogP contribution is -2.56. The first-order valence-corrected chi connectivity index (χ1v) is 10.4. The molecule has 0 rings (SSSR count). The SMILES string of the molecule is CCCCCCCCCCCCC/C=C/[C@@H](O)[C@](N)(CCC)C(=O)O. The average molecular weight is 356 g/mol. The van der Waals surface area contributed by atoms with Crippen LogP contribution in [0.5, 0.6) is 0 Å². The Kier molecular flexibility index (Phi) is 14.9. The van der Waals surface area contributed by atoms with Gasteiger partial charge in [0.25, 0.3) is 0 Å². The molecule has 0 aliphatic carbocycles. The van der Waals surface area contributed by atoms with Crippen LogP contribution in [0.1, 0.15) is 104 Å². The third-order valence-electron chi connectivity index (χ3n) is 4.88. The Labute approximate surface area is 154 Å². The van der Waals surface area contributed by atoms with Gasteiger partial charge in [-0.1, -0.05) is 96.6 Å². The van der Waals surface area contributed by atoms with Crippen molar-refractivity contribution in [2.45, 2.75) is 115 Å². The summed E-state index contributed by atoms with van der Waals surface area (Å²) < 4.78 is 0. The minimum Gasteiger partial charge on any atom is -0.480 e. The number of carboxylic acid groups (broad SMARTS) is 1. The fourth-order valence-electron chi connectivity index (χ4n) is 3.12. The van der Waals surface area contributed by atoms with Crippen molar-refractivity contribution in [2.75, 3.05) is 0 Å². The van der Waals surface area contributed by atoms with Gasteiger partial charge in [-0.2, -0.15) is 0 Å². The van der Waals surface area contributed by atoms with Gasteiger partial charge >= 0.3 is 5.97 Å². The van der Waals surface area contributed by atoms with E-state index in [9.17, 15) is 15.0 Å². The largest absolute Gasteiger partial charge is 0.480 e. The number of aliphatic hydroxyl groups is 1. The number of aliphatic carboxylic acids is 1. The van der Waals surface area contributed by atoms with Crippen LogP contribution < -0.4 is 5.73 Å². The van der Waals surface area contributed by atoms with Crippen LogP contribution in [0.3, 0.4) is 0 Å². The normalized spacial score (nSPS) is 15.4. The Morgan fingerprint density at radius 3 is 1.84 bits per heavy atom. The van der Waals surface area contributed by atoms with Gasteiger partial charge in [-0.3, -0.25) is 4.79 Å². The molecule has 0 heterocycles. The number of carboxylic acids is 1. The van der Waals surface area contributed by atoms with E-state index >= 15 is 0 Å². The van der Waals surface area contributed by atoms with Crippen molar-refractivity contribution in [3.05, 3.63) is 12.2 Å². The smallest absolute Gasteiger partial charge is 0.326 e. The van der Waals surface area contributed by atoms with Gasteiger partial charge in [-0.25, -0.2) is 0 Å². The van der Waals surface area contributed by atoms with E-state index in [2.05, 4.69) is 6.92 Å². The zero-order chi connectivity index (χ0) is 19.0. The topological polar surface area (TPSA) is 83.5 Å². The molecule has 0 amide bonds. The minimum atomic E-state index is -1.57. The summed E-state index contributed by atoms with van der Waals surface area (Å²) in [6, 6.07) is 0. The van der Waals surface area contributed by atoms with Crippen molar-refractivity contribution in [2.24, 2.45) is 5.73 Å². The van der Waals surface area contributed by atoms with Gasteiger partial charge in [-0.05, 0) is 19.3 Å². The molecular weight excluding hydrogens is 314 g/mol. The van der Waals surface area contributed by atoms with E-state index < -0.39 is 17.6 Å². The number of allylic oxidation sites excluding steroid dienone is 1. The van der Waals surface area contributed by atoms with Crippen LogP contribution >= 0.6 is 0 Å². The number of hydrogen-bond donors (Lipinski definition) is 3. The molecule has 0 aromatic rings. The number of unbranched alkanes of at least 4 members (excludes halogenated alkanes) is 11. The van der Waals surface area contributed by atoms with E-state index in [-0.39, 0.29) is 6.42 Å². The first kappa shape index (κ1) is 24.1. The van der Waals surface area contributed by atoms with Crippen LogP contribution in [0.4, 0.5) is 0 Å². The molecule has 0 aliphatic rings. The molecule has 0 unspecified atom stereocenters. The first-order valence-electron chi connectivity index (χ1n) is 10.4. The average Bonchev–Trinajstić information content (AvgIpc) is 2.58. The minimum absolute atomic E-state index is 0.270. The van der Waals surface area contributed by atoms with Crippen LogP contribution in [0.25, 0.3) is 0 Å². The lowest BCUT2D eigenvalue weighted by atomic mass is 9.88. The Balaban J connectivity index is 3.67. The molecule has 0 radical (unpaired) electrons. The summed E-state index contributed by atoms with van der Waals surface area (Å²) in [4.78, 5) is 11.3. The molecule has 4 N–H and O–H groups in total. The van der Waals surface area contributed by atoms with Crippen molar-refractivity contribution in [1.29, 1.82) is 0 Å². The van der Waals surface area contributed by atoms with Gasteiger partial charge in [0.1, 0.15) is 11.6 Å². The molecule has 0 bridgehead atoms. The van der Waals surface area contributed by atoms with Crippen LogP contribution in [0, 0.1) is 0 Å². The monoisotopic (exact) mass is 355 g/mol. The quantitative estimate of drug-likeness (QED) is 0.248. The highest BCUT2D eigenvalue weighted by atomic mass is 16.4. The van der Waals surface area contributed by atoms with Crippen LogP contribution in [0.2, 0.25) is 0 Å². The highest BCUT2D eigenvalue weighted by Gasteiger charge is 2.39. The summed E-state index contributed by atoms with van der Waals surface area (Å²) in [5, 5.41) is 19.3. The number of aliphatic hydroxyl groups excluding tert-OH is 1. The lowest BCUT2D eigenvalue weighted by molar-refractivity contribution is -0.147. The second kappa shape index (κ2) is 15.4. The van der Waals surface area contributed by atoms with E-state index in [4.69, 9.17) is 5.73 Å². The van der Waals surface area contributed by atoms with Gasteiger partial charge in [0, 0.05) is 0 Å². The number of rotatable bonds is 17. The molecule has 4 heteroatoms. The highest BCUT2D eigenvalue weighted by Crippen LogP contribution is 2.17. The molecule has 0 spiro atoms. The second-order valence-corrected chi connectivity index (χ2v) is 7.29. The Morgan fingerprint density at radius 2 is 1.40 bits per heavy atom. The zero-order valence-electron chi connectivity index (χ0n) is 16.5. The fourth-order valence-corrected chi connectivity index (χ4v) is 3.12. The van der Waals surface area contributed by atoms with Crippen LogP contribution in [-0.2, 0) is 4.79 Å². The van der Waals surface area contributed by atoms with E-state index in [1.165, 1.54) is 64.2 Å². The van der Waals surface area contributed by atoms with Gasteiger partial charge in [0.15, 0.2) is 0 Å². The van der Waals surface area contributed by atoms with Gasteiger partial charge < -0.3 is 15.9 Å². The van der Waals surface area contributed by atoms with Crippen molar-refractivity contribution in [1.82, 2.24) is 0 Å². The maximum absolute atomic E-state index is 11.3. The summed E-state index contributed by atoms with van der Waals surface area (Å²) >= 11 is 0. The molecule has 0 aromatic heterocycles. The van der Waals surface area contributed by atoms with E-state index in [0.717, 1.165) is 12.8 Å². The Hall–Kier alpha value is -0.870. The van der Waals surface area contributed by atoms with Crippen molar-refractivity contribution >= 4 is 5.97 Å². The predicted octanol–water partition coefficient (Wildman–Crippen LogP) is 5.19. The third kappa shape index (κ3) is 11.4. The van der Waals surface area contributed by atoms with Crippen LogP contribution in [-0.4, -0.2) is 27.8 Å². The fraction of sp³-hybridized carbons (Fsp3) is 0.857. The molecule has 4 nitrogen and oxygen atoms in total. The molecule has 0 saturated heterocycles. The molecule has 2 atom stereocenters. The summed E-state index contributed by atoms with van der Waals surface area (Å²) in [6.07, 6.45) is 18.5. The van der Waals surface area contributed by atoms with E-state index in [1.807, 2.05) is 13.0 Å². The maximum atomic E-state index is 11.3. The third-order valence-corrected chi connectivity index (χ3v) is 4.88. The molecular formula is C21H41NO3. The molecule has 0 fully saturated rings. The Bertz CT molecular complexity index is 357. The number of hydrogen-bond acceptors (Lipinski definition) is 3. The summed E-state index contributed by atoms with van der Waals surface area (Å²) in [6.45, 7) is 4.12.